The van der Waals surface area contributed by atoms with Crippen LogP contribution in [0.15, 0.2) is 35.1 Å². The molecule has 142 valence electrons. The van der Waals surface area contributed by atoms with E-state index in [0.717, 1.165) is 29.6 Å². The predicted octanol–water partition coefficient (Wildman–Crippen LogP) is 2.66. The van der Waals surface area contributed by atoms with Crippen LogP contribution < -0.4 is 5.69 Å². The van der Waals surface area contributed by atoms with Gasteiger partial charge in [-0.2, -0.15) is 5.10 Å². The van der Waals surface area contributed by atoms with Gasteiger partial charge in [-0.05, 0) is 38.8 Å². The van der Waals surface area contributed by atoms with Crippen LogP contribution in [0, 0.1) is 0 Å². The van der Waals surface area contributed by atoms with Crippen molar-refractivity contribution in [3.63, 3.8) is 0 Å². The number of rotatable bonds is 3. The summed E-state index contributed by atoms with van der Waals surface area (Å²) in [6, 6.07) is 9.90. The van der Waals surface area contributed by atoms with Crippen molar-refractivity contribution < 1.29 is 4.79 Å². The van der Waals surface area contributed by atoms with Crippen LogP contribution in [-0.2, 0) is 7.05 Å². The first kappa shape index (κ1) is 17.6. The molecule has 1 saturated heterocycles. The van der Waals surface area contributed by atoms with Crippen molar-refractivity contribution in [3.8, 4) is 0 Å². The van der Waals surface area contributed by atoms with Crippen molar-refractivity contribution in [2.24, 2.45) is 7.05 Å². The minimum absolute atomic E-state index is 0.0342. The minimum atomic E-state index is -0.0726. The number of H-pyrrole nitrogens is 1. The SMILES string of the molecule is CC(C)n1c(C2CCN(C(=O)c3cc4ccccc4[nH]3)CC2)nn(C)c1=O. The van der Waals surface area contributed by atoms with E-state index in [4.69, 9.17) is 0 Å². The van der Waals surface area contributed by atoms with Crippen LogP contribution in [0.3, 0.4) is 0 Å². The topological polar surface area (TPSA) is 75.9 Å². The fourth-order valence-corrected chi connectivity index (χ4v) is 3.96. The second kappa shape index (κ2) is 6.72. The molecule has 0 spiro atoms. The first-order chi connectivity index (χ1) is 13.0. The third-order valence-electron chi connectivity index (χ3n) is 5.41. The van der Waals surface area contributed by atoms with Gasteiger partial charge in [-0.1, -0.05) is 18.2 Å². The molecule has 1 amide bonds. The van der Waals surface area contributed by atoms with Crippen LogP contribution in [0.2, 0.25) is 0 Å². The largest absolute Gasteiger partial charge is 0.351 e. The summed E-state index contributed by atoms with van der Waals surface area (Å²) >= 11 is 0. The Labute approximate surface area is 157 Å². The minimum Gasteiger partial charge on any atom is -0.351 e. The van der Waals surface area contributed by atoms with Crippen LogP contribution in [0.5, 0.6) is 0 Å². The number of piperidine rings is 1. The van der Waals surface area contributed by atoms with Crippen LogP contribution >= 0.6 is 0 Å². The van der Waals surface area contributed by atoms with Gasteiger partial charge in [0, 0.05) is 43.0 Å². The van der Waals surface area contributed by atoms with E-state index in [-0.39, 0.29) is 23.6 Å². The number of nitrogens with one attached hydrogen (secondary N) is 1. The molecule has 2 aromatic heterocycles. The molecule has 7 heteroatoms. The van der Waals surface area contributed by atoms with E-state index in [0.29, 0.717) is 18.8 Å². The molecule has 0 bridgehead atoms. The zero-order valence-corrected chi connectivity index (χ0v) is 16.0. The highest BCUT2D eigenvalue weighted by atomic mass is 16.2. The molecule has 0 radical (unpaired) electrons. The van der Waals surface area contributed by atoms with Gasteiger partial charge in [0.25, 0.3) is 5.91 Å². The molecule has 0 atom stereocenters. The summed E-state index contributed by atoms with van der Waals surface area (Å²) in [4.78, 5) is 30.3. The highest BCUT2D eigenvalue weighted by Crippen LogP contribution is 2.28. The highest BCUT2D eigenvalue weighted by Gasteiger charge is 2.29. The van der Waals surface area contributed by atoms with Gasteiger partial charge in [0.05, 0.1) is 0 Å². The van der Waals surface area contributed by atoms with Crippen molar-refractivity contribution in [1.29, 1.82) is 0 Å². The number of fused-ring (bicyclic) bond motifs is 1. The first-order valence-electron chi connectivity index (χ1n) is 9.48. The Balaban J connectivity index is 1.50. The lowest BCUT2D eigenvalue weighted by Crippen LogP contribution is -2.39. The Kier molecular flexibility index (Phi) is 4.37. The van der Waals surface area contributed by atoms with E-state index in [1.165, 1.54) is 4.68 Å². The summed E-state index contributed by atoms with van der Waals surface area (Å²) in [5.74, 6) is 1.08. The highest BCUT2D eigenvalue weighted by molar-refractivity contribution is 5.98. The molecule has 3 heterocycles. The number of nitrogens with zero attached hydrogens (tertiary/aromatic N) is 4. The van der Waals surface area contributed by atoms with Gasteiger partial charge in [-0.15, -0.1) is 0 Å². The predicted molar refractivity (Wildman–Crippen MR) is 104 cm³/mol. The Morgan fingerprint density at radius 3 is 2.59 bits per heavy atom. The molecule has 27 heavy (non-hydrogen) atoms. The number of para-hydroxylation sites is 1. The zero-order chi connectivity index (χ0) is 19.1. The second-order valence-electron chi connectivity index (χ2n) is 7.56. The quantitative estimate of drug-likeness (QED) is 0.773. The van der Waals surface area contributed by atoms with Crippen molar-refractivity contribution in [1.82, 2.24) is 24.2 Å². The number of aromatic nitrogens is 4. The number of aromatic amines is 1. The van der Waals surface area contributed by atoms with E-state index in [2.05, 4.69) is 10.1 Å². The van der Waals surface area contributed by atoms with E-state index in [1.807, 2.05) is 49.1 Å². The molecule has 0 saturated carbocycles. The molecular formula is C20H25N5O2. The van der Waals surface area contributed by atoms with E-state index in [1.54, 1.807) is 11.6 Å². The maximum absolute atomic E-state index is 12.9. The molecule has 4 rings (SSSR count). The molecule has 1 aliphatic rings. The van der Waals surface area contributed by atoms with Gasteiger partial charge < -0.3 is 9.88 Å². The lowest BCUT2D eigenvalue weighted by Gasteiger charge is -2.31. The lowest BCUT2D eigenvalue weighted by atomic mass is 9.95. The van der Waals surface area contributed by atoms with E-state index < -0.39 is 0 Å². The van der Waals surface area contributed by atoms with Crippen molar-refractivity contribution in [2.75, 3.05) is 13.1 Å². The van der Waals surface area contributed by atoms with Gasteiger partial charge in [0.15, 0.2) is 0 Å². The van der Waals surface area contributed by atoms with Crippen molar-refractivity contribution in [2.45, 2.75) is 38.6 Å². The molecule has 0 aliphatic carbocycles. The third kappa shape index (κ3) is 3.07. The molecule has 1 N–H and O–H groups in total. The number of hydrogen-bond acceptors (Lipinski definition) is 3. The number of benzene rings is 1. The maximum atomic E-state index is 12.9. The van der Waals surface area contributed by atoms with Crippen LogP contribution in [-0.4, -0.2) is 43.2 Å². The van der Waals surface area contributed by atoms with Gasteiger partial charge in [-0.3, -0.25) is 9.36 Å². The van der Waals surface area contributed by atoms with E-state index in [9.17, 15) is 9.59 Å². The monoisotopic (exact) mass is 367 g/mol. The number of likely N-dealkylation sites (tertiary alicyclic amines) is 1. The summed E-state index contributed by atoms with van der Waals surface area (Å²) in [5.41, 5.74) is 1.54. The van der Waals surface area contributed by atoms with Crippen LogP contribution in [0.1, 0.15) is 55.0 Å². The second-order valence-corrected chi connectivity index (χ2v) is 7.56. The number of aryl methyl sites for hydroxylation is 1. The molecule has 3 aromatic rings. The van der Waals surface area contributed by atoms with Crippen molar-refractivity contribution in [3.05, 3.63) is 52.3 Å². The normalized spacial score (nSPS) is 15.8. The Bertz CT molecular complexity index is 1000. The Morgan fingerprint density at radius 2 is 1.93 bits per heavy atom. The Hall–Kier alpha value is -2.83. The smallest absolute Gasteiger partial charge is 0.345 e. The van der Waals surface area contributed by atoms with Gasteiger partial charge in [0.2, 0.25) is 0 Å². The third-order valence-corrected chi connectivity index (χ3v) is 5.41. The standard InChI is InChI=1S/C20H25N5O2/c1-13(2)25-18(22-23(3)20(25)27)14-8-10-24(11-9-14)19(26)17-12-15-6-4-5-7-16(15)21-17/h4-7,12-14,21H,8-11H2,1-3H3. The van der Waals surface area contributed by atoms with E-state index >= 15 is 0 Å². The summed E-state index contributed by atoms with van der Waals surface area (Å²) in [5, 5.41) is 5.52. The summed E-state index contributed by atoms with van der Waals surface area (Å²) in [6.07, 6.45) is 1.63. The molecule has 1 aliphatic heterocycles. The summed E-state index contributed by atoms with van der Waals surface area (Å²) in [6.45, 7) is 5.34. The maximum Gasteiger partial charge on any atom is 0.345 e. The van der Waals surface area contributed by atoms with Gasteiger partial charge in [0.1, 0.15) is 11.5 Å². The van der Waals surface area contributed by atoms with Gasteiger partial charge in [-0.25, -0.2) is 9.48 Å². The molecule has 0 unspecified atom stereocenters. The lowest BCUT2D eigenvalue weighted by molar-refractivity contribution is 0.0705. The zero-order valence-electron chi connectivity index (χ0n) is 16.0. The van der Waals surface area contributed by atoms with Crippen LogP contribution in [0.4, 0.5) is 0 Å². The van der Waals surface area contributed by atoms with Crippen molar-refractivity contribution >= 4 is 16.8 Å². The number of carbonyl (C=O) groups is 1. The average Bonchev–Trinajstić information content (AvgIpc) is 3.22. The molecule has 1 fully saturated rings. The Morgan fingerprint density at radius 1 is 1.22 bits per heavy atom. The number of hydrogen-bond donors (Lipinski definition) is 1. The molecule has 1 aromatic carbocycles. The number of amides is 1. The summed E-state index contributed by atoms with van der Waals surface area (Å²) in [7, 11) is 1.69. The average molecular weight is 367 g/mol. The molecule has 7 nitrogen and oxygen atoms in total. The van der Waals surface area contributed by atoms with Crippen LogP contribution in [0.25, 0.3) is 10.9 Å². The molecular weight excluding hydrogens is 342 g/mol. The number of carbonyl (C=O) groups excluding carboxylic acids is 1. The summed E-state index contributed by atoms with van der Waals surface area (Å²) < 4.78 is 3.19. The van der Waals surface area contributed by atoms with Gasteiger partial charge >= 0.3 is 5.69 Å². The fraction of sp³-hybridized carbons (Fsp3) is 0.450. The first-order valence-corrected chi connectivity index (χ1v) is 9.48. The fourth-order valence-electron chi connectivity index (χ4n) is 3.96.